The molecule has 2 rings (SSSR count). The van der Waals surface area contributed by atoms with Crippen molar-refractivity contribution < 1.29 is 4.79 Å². The Morgan fingerprint density at radius 1 is 1.14 bits per heavy atom. The minimum absolute atomic E-state index is 0.242. The molecule has 21 heavy (non-hydrogen) atoms. The van der Waals surface area contributed by atoms with Gasteiger partial charge in [0.05, 0.1) is 6.54 Å². The van der Waals surface area contributed by atoms with Gasteiger partial charge in [0.25, 0.3) is 0 Å². The molecule has 0 aromatic heterocycles. The van der Waals surface area contributed by atoms with Crippen LogP contribution in [0.4, 0.5) is 0 Å². The molecule has 0 bridgehead atoms. The third-order valence-electron chi connectivity index (χ3n) is 4.01. The van der Waals surface area contributed by atoms with Crippen LogP contribution in [0.15, 0.2) is 24.3 Å². The maximum atomic E-state index is 12.4. The topological polar surface area (TPSA) is 23.6 Å². The van der Waals surface area contributed by atoms with E-state index in [0.717, 1.165) is 36.5 Å². The molecular weight excluding hydrogens is 284 g/mol. The molecule has 1 heterocycles. The average molecular weight is 309 g/mol. The van der Waals surface area contributed by atoms with Gasteiger partial charge >= 0.3 is 0 Å². The van der Waals surface area contributed by atoms with E-state index in [1.807, 2.05) is 41.1 Å². The molecule has 1 fully saturated rings. The number of benzene rings is 1. The summed E-state index contributed by atoms with van der Waals surface area (Å²) in [6.07, 6.45) is 6.09. The highest BCUT2D eigenvalue weighted by Gasteiger charge is 2.16. The zero-order valence-electron chi connectivity index (χ0n) is 12.9. The van der Waals surface area contributed by atoms with Crippen molar-refractivity contribution in [2.75, 3.05) is 26.7 Å². The fraction of sp³-hybridized carbons (Fsp3) is 0.588. The summed E-state index contributed by atoms with van der Waals surface area (Å²) in [6, 6.07) is 7.82. The predicted octanol–water partition coefficient (Wildman–Crippen LogP) is 3.56. The van der Waals surface area contributed by atoms with Crippen LogP contribution in [0.1, 0.15) is 37.7 Å². The van der Waals surface area contributed by atoms with Gasteiger partial charge in [-0.2, -0.15) is 0 Å². The number of nitrogens with zero attached hydrogens (tertiary/aromatic N) is 2. The first-order valence-corrected chi connectivity index (χ1v) is 8.24. The van der Waals surface area contributed by atoms with Crippen LogP contribution in [-0.2, 0) is 11.3 Å². The number of carbonyl (C=O) groups excluding carboxylic acids is 1. The molecule has 1 saturated heterocycles. The first kappa shape index (κ1) is 16.3. The molecule has 0 N–H and O–H groups in total. The molecule has 116 valence electrons. The lowest BCUT2D eigenvalue weighted by molar-refractivity contribution is -0.132. The molecule has 4 heteroatoms. The molecule has 1 amide bonds. The van der Waals surface area contributed by atoms with Crippen molar-refractivity contribution in [2.24, 2.45) is 0 Å². The van der Waals surface area contributed by atoms with Crippen LogP contribution in [0.2, 0.25) is 5.02 Å². The fourth-order valence-electron chi connectivity index (χ4n) is 2.80. The van der Waals surface area contributed by atoms with Gasteiger partial charge in [-0.3, -0.25) is 9.69 Å². The number of likely N-dealkylation sites (tertiary alicyclic amines) is 1. The molecule has 1 aliphatic heterocycles. The van der Waals surface area contributed by atoms with Crippen LogP contribution >= 0.6 is 11.6 Å². The monoisotopic (exact) mass is 308 g/mol. The molecule has 0 unspecified atom stereocenters. The second kappa shape index (κ2) is 8.40. The lowest BCUT2D eigenvalue weighted by atomic mass is 10.1. The standard InChI is InChI=1S/C17H25ClN2O/c1-19(13-15-9-5-6-10-16(15)18)14-17(21)20-11-7-3-2-4-8-12-20/h5-6,9-10H,2-4,7-8,11-14H2,1H3. The molecule has 0 aliphatic carbocycles. The quantitative estimate of drug-likeness (QED) is 0.849. The highest BCUT2D eigenvalue weighted by atomic mass is 35.5. The SMILES string of the molecule is CN(CC(=O)N1CCCCCCC1)Cc1ccccc1Cl. The van der Waals surface area contributed by atoms with Crippen molar-refractivity contribution in [3.05, 3.63) is 34.9 Å². The number of hydrogen-bond donors (Lipinski definition) is 0. The van der Waals surface area contributed by atoms with Crippen molar-refractivity contribution in [1.29, 1.82) is 0 Å². The zero-order valence-corrected chi connectivity index (χ0v) is 13.6. The Morgan fingerprint density at radius 3 is 2.43 bits per heavy atom. The van der Waals surface area contributed by atoms with E-state index in [9.17, 15) is 4.79 Å². The van der Waals surface area contributed by atoms with Gasteiger partial charge in [-0.25, -0.2) is 0 Å². The van der Waals surface area contributed by atoms with Gasteiger partial charge in [-0.05, 0) is 31.5 Å². The maximum Gasteiger partial charge on any atom is 0.236 e. The molecular formula is C17H25ClN2O. The number of halogens is 1. The Balaban J connectivity index is 1.84. The van der Waals surface area contributed by atoms with Crippen LogP contribution in [-0.4, -0.2) is 42.4 Å². The van der Waals surface area contributed by atoms with Crippen LogP contribution in [0.5, 0.6) is 0 Å². The normalized spacial score (nSPS) is 16.6. The minimum Gasteiger partial charge on any atom is -0.342 e. The van der Waals surface area contributed by atoms with Crippen molar-refractivity contribution in [1.82, 2.24) is 9.80 Å². The van der Waals surface area contributed by atoms with Gasteiger partial charge in [-0.1, -0.05) is 49.1 Å². The van der Waals surface area contributed by atoms with Gasteiger partial charge in [0.2, 0.25) is 5.91 Å². The number of carbonyl (C=O) groups is 1. The Bertz CT molecular complexity index is 456. The number of rotatable bonds is 4. The molecule has 0 spiro atoms. The molecule has 3 nitrogen and oxygen atoms in total. The van der Waals surface area contributed by atoms with E-state index in [2.05, 4.69) is 0 Å². The van der Waals surface area contributed by atoms with Crippen molar-refractivity contribution in [2.45, 2.75) is 38.6 Å². The largest absolute Gasteiger partial charge is 0.342 e. The van der Waals surface area contributed by atoms with E-state index in [1.54, 1.807) is 0 Å². The summed E-state index contributed by atoms with van der Waals surface area (Å²) in [5, 5.41) is 0.767. The highest BCUT2D eigenvalue weighted by Crippen LogP contribution is 2.16. The summed E-state index contributed by atoms with van der Waals surface area (Å²) in [4.78, 5) is 16.5. The Kier molecular flexibility index (Phi) is 6.52. The number of likely N-dealkylation sites (N-methyl/N-ethyl adjacent to an activating group) is 1. The second-order valence-corrected chi connectivity index (χ2v) is 6.32. The summed E-state index contributed by atoms with van der Waals surface area (Å²) in [5.74, 6) is 0.242. The molecule has 1 aromatic carbocycles. The van der Waals surface area contributed by atoms with Crippen molar-refractivity contribution in [3.8, 4) is 0 Å². The third-order valence-corrected chi connectivity index (χ3v) is 4.38. The molecule has 1 aromatic rings. The summed E-state index contributed by atoms with van der Waals surface area (Å²) in [5.41, 5.74) is 1.07. The minimum atomic E-state index is 0.242. The maximum absolute atomic E-state index is 12.4. The molecule has 1 aliphatic rings. The van der Waals surface area contributed by atoms with E-state index >= 15 is 0 Å². The first-order chi connectivity index (χ1) is 10.2. The molecule has 0 atom stereocenters. The van der Waals surface area contributed by atoms with E-state index < -0.39 is 0 Å². The van der Waals surface area contributed by atoms with E-state index in [1.165, 1.54) is 19.3 Å². The number of hydrogen-bond acceptors (Lipinski definition) is 2. The summed E-state index contributed by atoms with van der Waals surface area (Å²) in [7, 11) is 1.98. The van der Waals surface area contributed by atoms with Crippen LogP contribution < -0.4 is 0 Å². The lowest BCUT2D eigenvalue weighted by Crippen LogP contribution is -2.40. The zero-order chi connectivity index (χ0) is 15.1. The third kappa shape index (κ3) is 5.33. The summed E-state index contributed by atoms with van der Waals surface area (Å²) >= 11 is 6.17. The highest BCUT2D eigenvalue weighted by molar-refractivity contribution is 6.31. The summed E-state index contributed by atoms with van der Waals surface area (Å²) < 4.78 is 0. The van der Waals surface area contributed by atoms with Gasteiger partial charge in [-0.15, -0.1) is 0 Å². The van der Waals surface area contributed by atoms with Crippen LogP contribution in [0, 0.1) is 0 Å². The average Bonchev–Trinajstić information content (AvgIpc) is 2.40. The Hall–Kier alpha value is -1.06. The molecule has 0 saturated carbocycles. The van der Waals surface area contributed by atoms with E-state index in [4.69, 9.17) is 11.6 Å². The van der Waals surface area contributed by atoms with Gasteiger partial charge < -0.3 is 4.90 Å². The van der Waals surface area contributed by atoms with Gasteiger partial charge in [0, 0.05) is 24.7 Å². The lowest BCUT2D eigenvalue weighted by Gasteiger charge is -2.27. The summed E-state index contributed by atoms with van der Waals surface area (Å²) in [6.45, 7) is 3.00. The predicted molar refractivity (Wildman–Crippen MR) is 87.5 cm³/mol. The van der Waals surface area contributed by atoms with Crippen LogP contribution in [0.25, 0.3) is 0 Å². The Morgan fingerprint density at radius 2 is 1.76 bits per heavy atom. The van der Waals surface area contributed by atoms with Crippen molar-refractivity contribution >= 4 is 17.5 Å². The van der Waals surface area contributed by atoms with Crippen molar-refractivity contribution in [3.63, 3.8) is 0 Å². The van der Waals surface area contributed by atoms with E-state index in [-0.39, 0.29) is 5.91 Å². The van der Waals surface area contributed by atoms with E-state index in [0.29, 0.717) is 13.1 Å². The molecule has 0 radical (unpaired) electrons. The smallest absolute Gasteiger partial charge is 0.236 e. The van der Waals surface area contributed by atoms with Crippen LogP contribution in [0.3, 0.4) is 0 Å². The second-order valence-electron chi connectivity index (χ2n) is 5.91. The van der Waals surface area contributed by atoms with Gasteiger partial charge in [0.1, 0.15) is 0 Å². The Labute approximate surface area is 132 Å². The fourth-order valence-corrected chi connectivity index (χ4v) is 3.00. The first-order valence-electron chi connectivity index (χ1n) is 7.86. The van der Waals surface area contributed by atoms with Gasteiger partial charge in [0.15, 0.2) is 0 Å². The number of amides is 1.